The van der Waals surface area contributed by atoms with E-state index in [0.717, 1.165) is 51.4 Å². The van der Waals surface area contributed by atoms with Crippen molar-refractivity contribution >= 4 is 29.1 Å². The number of thioether (sulfide) groups is 1. The van der Waals surface area contributed by atoms with E-state index >= 15 is 0 Å². The average Bonchev–Trinajstić information content (AvgIpc) is 2.92. The molecule has 3 heterocycles. The molecule has 0 aromatic carbocycles. The number of carbonyl (C=O) groups is 1. The first-order valence-electron chi connectivity index (χ1n) is 7.61. The summed E-state index contributed by atoms with van der Waals surface area (Å²) in [6, 6.07) is 4.59. The van der Waals surface area contributed by atoms with Crippen molar-refractivity contribution in [3.05, 3.63) is 22.4 Å². The second-order valence-corrected chi connectivity index (χ2v) is 8.01. The molecule has 2 amide bonds. The van der Waals surface area contributed by atoms with Gasteiger partial charge in [-0.2, -0.15) is 11.8 Å². The van der Waals surface area contributed by atoms with Gasteiger partial charge in [0.25, 0.3) is 0 Å². The number of thiophene rings is 1. The Balaban J connectivity index is 1.56. The molecule has 0 radical (unpaired) electrons. The summed E-state index contributed by atoms with van der Waals surface area (Å²) in [6.07, 6.45) is 1.07. The second-order valence-electron chi connectivity index (χ2n) is 5.72. The van der Waals surface area contributed by atoms with E-state index in [1.807, 2.05) is 28.0 Å². The van der Waals surface area contributed by atoms with E-state index in [0.29, 0.717) is 5.25 Å². The molecule has 0 bridgehead atoms. The number of amides is 2. The molecule has 0 aliphatic carbocycles. The fourth-order valence-corrected chi connectivity index (χ4v) is 5.10. The summed E-state index contributed by atoms with van der Waals surface area (Å²) in [7, 11) is 2.12. The standard InChI is InChI=1S/C15H23N3OS2/c1-16-6-8-18(9-7-16)15(19)17-5-4-14(21-12-10-17)13-3-2-11-20-13/h2-3,11,14H,4-10,12H2,1H3. The fraction of sp³-hybridized carbons (Fsp3) is 0.667. The van der Waals surface area contributed by atoms with Crippen molar-refractivity contribution in [2.24, 2.45) is 0 Å². The number of piperazine rings is 1. The lowest BCUT2D eigenvalue weighted by Gasteiger charge is -2.35. The number of nitrogens with zero attached hydrogens (tertiary/aromatic N) is 3. The van der Waals surface area contributed by atoms with Crippen LogP contribution in [0.5, 0.6) is 0 Å². The summed E-state index contributed by atoms with van der Waals surface area (Å²) in [5.41, 5.74) is 0. The van der Waals surface area contributed by atoms with Gasteiger partial charge in [-0.05, 0) is 24.9 Å². The number of carbonyl (C=O) groups excluding carboxylic acids is 1. The lowest BCUT2D eigenvalue weighted by Crippen LogP contribution is -2.52. The molecule has 0 saturated carbocycles. The van der Waals surface area contributed by atoms with Crippen molar-refractivity contribution in [3.8, 4) is 0 Å². The van der Waals surface area contributed by atoms with Crippen LogP contribution in [0.4, 0.5) is 4.79 Å². The summed E-state index contributed by atoms with van der Waals surface area (Å²) in [6.45, 7) is 5.50. The summed E-state index contributed by atoms with van der Waals surface area (Å²) < 4.78 is 0. The zero-order valence-corrected chi connectivity index (χ0v) is 14.2. The maximum absolute atomic E-state index is 12.6. The zero-order chi connectivity index (χ0) is 14.7. The monoisotopic (exact) mass is 325 g/mol. The highest BCUT2D eigenvalue weighted by Crippen LogP contribution is 2.36. The first-order chi connectivity index (χ1) is 10.2. The average molecular weight is 326 g/mol. The van der Waals surface area contributed by atoms with Crippen LogP contribution in [0.15, 0.2) is 17.5 Å². The number of urea groups is 1. The van der Waals surface area contributed by atoms with Gasteiger partial charge in [0.1, 0.15) is 0 Å². The van der Waals surface area contributed by atoms with Gasteiger partial charge in [0.05, 0.1) is 0 Å². The van der Waals surface area contributed by atoms with Gasteiger partial charge in [-0.3, -0.25) is 0 Å². The Hall–Kier alpha value is -0.720. The zero-order valence-electron chi connectivity index (χ0n) is 12.5. The summed E-state index contributed by atoms with van der Waals surface area (Å²) >= 11 is 3.84. The van der Waals surface area contributed by atoms with Crippen LogP contribution in [0.2, 0.25) is 0 Å². The van der Waals surface area contributed by atoms with Crippen molar-refractivity contribution in [1.82, 2.24) is 14.7 Å². The third kappa shape index (κ3) is 3.73. The lowest BCUT2D eigenvalue weighted by atomic mass is 10.2. The van der Waals surface area contributed by atoms with Gasteiger partial charge in [-0.15, -0.1) is 11.3 Å². The SMILES string of the molecule is CN1CCN(C(=O)N2CCSC(c3cccs3)CC2)CC1. The summed E-state index contributed by atoms with van der Waals surface area (Å²) in [5, 5.41) is 2.71. The molecule has 2 saturated heterocycles. The molecule has 2 aliphatic heterocycles. The molecular weight excluding hydrogens is 302 g/mol. The Morgan fingerprint density at radius 3 is 2.62 bits per heavy atom. The third-order valence-corrected chi connectivity index (χ3v) is 6.69. The quantitative estimate of drug-likeness (QED) is 0.794. The molecule has 1 aromatic rings. The molecule has 2 aliphatic rings. The van der Waals surface area contributed by atoms with E-state index in [-0.39, 0.29) is 6.03 Å². The molecule has 1 atom stereocenters. The number of hydrogen-bond acceptors (Lipinski definition) is 4. The van der Waals surface area contributed by atoms with E-state index in [1.165, 1.54) is 4.88 Å². The van der Waals surface area contributed by atoms with Crippen LogP contribution in [0.25, 0.3) is 0 Å². The van der Waals surface area contributed by atoms with Gasteiger partial charge in [-0.25, -0.2) is 4.79 Å². The minimum atomic E-state index is 0.246. The van der Waals surface area contributed by atoms with Crippen LogP contribution in [0.3, 0.4) is 0 Å². The number of hydrogen-bond donors (Lipinski definition) is 0. The Morgan fingerprint density at radius 1 is 1.14 bits per heavy atom. The molecule has 116 valence electrons. The van der Waals surface area contributed by atoms with E-state index < -0.39 is 0 Å². The van der Waals surface area contributed by atoms with Gasteiger partial charge in [0.2, 0.25) is 0 Å². The minimum absolute atomic E-state index is 0.246. The molecule has 0 N–H and O–H groups in total. The summed E-state index contributed by atoms with van der Waals surface area (Å²) in [5.74, 6) is 1.04. The maximum atomic E-state index is 12.6. The van der Waals surface area contributed by atoms with E-state index in [2.05, 4.69) is 34.4 Å². The van der Waals surface area contributed by atoms with Crippen LogP contribution < -0.4 is 0 Å². The maximum Gasteiger partial charge on any atom is 0.320 e. The van der Waals surface area contributed by atoms with Crippen LogP contribution >= 0.6 is 23.1 Å². The topological polar surface area (TPSA) is 26.8 Å². The minimum Gasteiger partial charge on any atom is -0.324 e. The molecule has 1 unspecified atom stereocenters. The predicted molar refractivity (Wildman–Crippen MR) is 90.2 cm³/mol. The molecule has 1 aromatic heterocycles. The van der Waals surface area contributed by atoms with Crippen molar-refractivity contribution in [2.45, 2.75) is 11.7 Å². The van der Waals surface area contributed by atoms with Crippen molar-refractivity contribution in [1.29, 1.82) is 0 Å². The Labute approximate surface area is 135 Å². The first kappa shape index (κ1) is 15.2. The highest BCUT2D eigenvalue weighted by molar-refractivity contribution is 7.99. The first-order valence-corrected chi connectivity index (χ1v) is 9.54. The Kier molecular flexibility index (Phi) is 5.08. The van der Waals surface area contributed by atoms with Gasteiger partial charge < -0.3 is 14.7 Å². The fourth-order valence-electron chi connectivity index (χ4n) is 2.86. The van der Waals surface area contributed by atoms with Gasteiger partial charge in [0.15, 0.2) is 0 Å². The molecule has 2 fully saturated rings. The third-order valence-electron chi connectivity index (χ3n) is 4.25. The van der Waals surface area contributed by atoms with Crippen molar-refractivity contribution in [2.75, 3.05) is 52.1 Å². The van der Waals surface area contributed by atoms with Crippen molar-refractivity contribution < 1.29 is 4.79 Å². The molecular formula is C15H23N3OS2. The lowest BCUT2D eigenvalue weighted by molar-refractivity contribution is 0.124. The second kappa shape index (κ2) is 7.03. The predicted octanol–water partition coefficient (Wildman–Crippen LogP) is 2.60. The Bertz CT molecular complexity index is 457. The number of likely N-dealkylation sites (N-methyl/N-ethyl adjacent to an activating group) is 1. The van der Waals surface area contributed by atoms with E-state index in [9.17, 15) is 4.79 Å². The molecule has 3 rings (SSSR count). The van der Waals surface area contributed by atoms with E-state index in [1.54, 1.807) is 0 Å². The largest absolute Gasteiger partial charge is 0.324 e. The molecule has 21 heavy (non-hydrogen) atoms. The van der Waals surface area contributed by atoms with Crippen LogP contribution in [-0.4, -0.2) is 72.8 Å². The van der Waals surface area contributed by atoms with Gasteiger partial charge >= 0.3 is 6.03 Å². The van der Waals surface area contributed by atoms with Crippen LogP contribution in [0, 0.1) is 0 Å². The van der Waals surface area contributed by atoms with Gasteiger partial charge in [0, 0.05) is 55.1 Å². The molecule has 0 spiro atoms. The number of rotatable bonds is 1. The van der Waals surface area contributed by atoms with Crippen LogP contribution in [0.1, 0.15) is 16.5 Å². The smallest absolute Gasteiger partial charge is 0.320 e. The molecule has 4 nitrogen and oxygen atoms in total. The summed E-state index contributed by atoms with van der Waals surface area (Å²) in [4.78, 5) is 20.5. The van der Waals surface area contributed by atoms with Gasteiger partial charge in [-0.1, -0.05) is 6.07 Å². The molecule has 6 heteroatoms. The van der Waals surface area contributed by atoms with E-state index in [4.69, 9.17) is 0 Å². The highest BCUT2D eigenvalue weighted by Gasteiger charge is 2.27. The Morgan fingerprint density at radius 2 is 1.90 bits per heavy atom. The highest BCUT2D eigenvalue weighted by atomic mass is 32.2. The van der Waals surface area contributed by atoms with Crippen LogP contribution in [-0.2, 0) is 0 Å². The normalized spacial score (nSPS) is 24.9. The van der Waals surface area contributed by atoms with Crippen molar-refractivity contribution in [3.63, 3.8) is 0 Å².